The van der Waals surface area contributed by atoms with Crippen LogP contribution in [0.1, 0.15) is 41.7 Å². The lowest BCUT2D eigenvalue weighted by molar-refractivity contribution is -0.134. The Balaban J connectivity index is 1.34. The molecule has 41 heavy (non-hydrogen) atoms. The van der Waals surface area contributed by atoms with Gasteiger partial charge in [0.1, 0.15) is 17.9 Å². The van der Waals surface area contributed by atoms with E-state index >= 15 is 0 Å². The number of aromatic nitrogens is 5. The van der Waals surface area contributed by atoms with E-state index in [0.29, 0.717) is 60.8 Å². The highest BCUT2D eigenvalue weighted by Crippen LogP contribution is 2.32. The molecular formula is C30H33N7O4. The maximum absolute atomic E-state index is 13.6. The van der Waals surface area contributed by atoms with E-state index in [-0.39, 0.29) is 17.9 Å². The summed E-state index contributed by atoms with van der Waals surface area (Å²) in [5.74, 6) is 1.38. The molecule has 212 valence electrons. The third kappa shape index (κ3) is 5.15. The molecule has 2 bridgehead atoms. The zero-order valence-electron chi connectivity index (χ0n) is 23.3. The Bertz CT molecular complexity index is 1640. The number of pyridine rings is 1. The summed E-state index contributed by atoms with van der Waals surface area (Å²) in [6, 6.07) is 9.22. The van der Waals surface area contributed by atoms with Gasteiger partial charge in [0.2, 0.25) is 17.7 Å². The molecule has 2 aliphatic rings. The molecule has 3 aromatic heterocycles. The minimum Gasteiger partial charge on any atom is -0.489 e. The number of nitrogens with one attached hydrogen (secondary N) is 1. The Hall–Kier alpha value is -4.67. The quantitative estimate of drug-likeness (QED) is 0.377. The molecule has 0 radical (unpaired) electrons. The molecule has 1 N–H and O–H groups in total. The summed E-state index contributed by atoms with van der Waals surface area (Å²) >= 11 is 0. The average Bonchev–Trinajstić information content (AvgIpc) is 3.48. The second-order valence-corrected chi connectivity index (χ2v) is 10.4. The second kappa shape index (κ2) is 11.1. The Morgan fingerprint density at radius 1 is 1.22 bits per heavy atom. The number of likely N-dealkylation sites (tertiary alicyclic amines) is 1. The minimum atomic E-state index is -0.287. The van der Waals surface area contributed by atoms with Crippen molar-refractivity contribution in [2.45, 2.75) is 45.2 Å². The summed E-state index contributed by atoms with van der Waals surface area (Å²) in [7, 11) is 1.83. The van der Waals surface area contributed by atoms with Crippen molar-refractivity contribution in [1.29, 1.82) is 0 Å². The van der Waals surface area contributed by atoms with Crippen molar-refractivity contribution in [2.75, 3.05) is 25.1 Å². The fraction of sp³-hybridized carbons (Fsp3) is 0.367. The number of imidazole rings is 1. The van der Waals surface area contributed by atoms with E-state index in [1.807, 2.05) is 36.7 Å². The number of para-hydroxylation sites is 1. The van der Waals surface area contributed by atoms with Crippen LogP contribution in [-0.4, -0.2) is 66.8 Å². The van der Waals surface area contributed by atoms with Crippen molar-refractivity contribution >= 4 is 28.8 Å². The van der Waals surface area contributed by atoms with E-state index in [1.165, 1.54) is 6.08 Å². The molecule has 5 heterocycles. The molecule has 11 heteroatoms. The molecule has 1 atom stereocenters. The van der Waals surface area contributed by atoms with Crippen molar-refractivity contribution in [2.24, 2.45) is 7.05 Å². The van der Waals surface area contributed by atoms with Crippen molar-refractivity contribution in [3.8, 4) is 22.9 Å². The molecule has 6 rings (SSSR count). The zero-order valence-corrected chi connectivity index (χ0v) is 23.3. The fourth-order valence-electron chi connectivity index (χ4n) is 5.39. The van der Waals surface area contributed by atoms with E-state index in [1.54, 1.807) is 27.9 Å². The van der Waals surface area contributed by atoms with Crippen molar-refractivity contribution < 1.29 is 19.1 Å². The lowest BCUT2D eigenvalue weighted by Crippen LogP contribution is -2.53. The molecule has 2 aliphatic heterocycles. The van der Waals surface area contributed by atoms with Gasteiger partial charge in [-0.1, -0.05) is 12.6 Å². The number of carbonyl (C=O) groups excluding carboxylic acids is 2. The van der Waals surface area contributed by atoms with Crippen molar-refractivity contribution in [1.82, 2.24) is 29.2 Å². The summed E-state index contributed by atoms with van der Waals surface area (Å²) in [6.45, 7) is 7.70. The van der Waals surface area contributed by atoms with Crippen LogP contribution >= 0.6 is 0 Å². The average molecular weight is 556 g/mol. The highest BCUT2D eigenvalue weighted by molar-refractivity contribution is 6.05. The number of anilines is 1. The maximum atomic E-state index is 13.6. The summed E-state index contributed by atoms with van der Waals surface area (Å²) in [5, 5.41) is 7.40. The van der Waals surface area contributed by atoms with E-state index in [0.717, 1.165) is 42.3 Å². The Morgan fingerprint density at radius 3 is 2.90 bits per heavy atom. The first kappa shape index (κ1) is 26.5. The fourth-order valence-corrected chi connectivity index (χ4v) is 5.39. The molecule has 1 saturated heterocycles. The summed E-state index contributed by atoms with van der Waals surface area (Å²) in [4.78, 5) is 36.9. The van der Waals surface area contributed by atoms with Crippen LogP contribution in [0, 0.1) is 6.92 Å². The van der Waals surface area contributed by atoms with Crippen LogP contribution in [0.15, 0.2) is 49.2 Å². The van der Waals surface area contributed by atoms with Crippen LogP contribution in [-0.2, 0) is 18.4 Å². The first-order valence-corrected chi connectivity index (χ1v) is 13.9. The smallest absolute Gasteiger partial charge is 0.258 e. The molecule has 0 saturated carbocycles. The van der Waals surface area contributed by atoms with Crippen molar-refractivity contribution in [3.63, 3.8) is 0 Å². The summed E-state index contributed by atoms with van der Waals surface area (Å²) in [5.41, 5.74) is 4.07. The van der Waals surface area contributed by atoms with Gasteiger partial charge in [-0.3, -0.25) is 19.9 Å². The van der Waals surface area contributed by atoms with E-state index in [9.17, 15) is 9.59 Å². The van der Waals surface area contributed by atoms with Gasteiger partial charge in [-0.2, -0.15) is 5.10 Å². The predicted molar refractivity (Wildman–Crippen MR) is 154 cm³/mol. The second-order valence-electron chi connectivity index (χ2n) is 10.4. The first-order valence-electron chi connectivity index (χ1n) is 13.9. The Kier molecular flexibility index (Phi) is 7.17. The van der Waals surface area contributed by atoms with E-state index < -0.39 is 0 Å². The highest BCUT2D eigenvalue weighted by Gasteiger charge is 2.31. The number of fused-ring (bicyclic) bond motifs is 7. The molecule has 4 aromatic rings. The van der Waals surface area contributed by atoms with Crippen LogP contribution in [0.4, 0.5) is 5.95 Å². The summed E-state index contributed by atoms with van der Waals surface area (Å²) in [6.07, 6.45) is 6.55. The number of amides is 2. The summed E-state index contributed by atoms with van der Waals surface area (Å²) < 4.78 is 16.1. The number of nitrogens with zero attached hydrogens (tertiary/aromatic N) is 6. The van der Waals surface area contributed by atoms with E-state index in [2.05, 4.69) is 22.0 Å². The predicted octanol–water partition coefficient (Wildman–Crippen LogP) is 4.12. The molecule has 1 unspecified atom stereocenters. The van der Waals surface area contributed by atoms with E-state index in [4.69, 9.17) is 14.5 Å². The molecule has 11 nitrogen and oxygen atoms in total. The van der Waals surface area contributed by atoms with Gasteiger partial charge in [-0.05, 0) is 62.9 Å². The van der Waals surface area contributed by atoms with Crippen molar-refractivity contribution in [3.05, 3.63) is 60.4 Å². The third-order valence-electron chi connectivity index (χ3n) is 7.63. The SMILES string of the molecule is C=CC(=O)N1CCC1COc1cccc2nc3n(c12)CCCCCOc1c(cnn1C)-c1cc(cc(C)n1)C(=O)N3. The van der Waals surface area contributed by atoms with Gasteiger partial charge >= 0.3 is 0 Å². The standard InChI is InChI=1S/C30H33N7O4/c1-4-26(38)36-13-11-21(36)18-41-25-10-8-9-23-27(25)37-12-6-5-7-14-40-29-22(17-31-35(29)3)24-16-20(15-19(2)32-24)28(39)34-30(37)33-23/h4,8-10,15-17,21H,1,5-7,11-14,18H2,2-3H3,(H,33,34,39). The van der Waals surface area contributed by atoms with Gasteiger partial charge < -0.3 is 18.9 Å². The molecule has 1 fully saturated rings. The molecular weight excluding hydrogens is 522 g/mol. The largest absolute Gasteiger partial charge is 0.489 e. The molecule has 1 aromatic carbocycles. The lowest BCUT2D eigenvalue weighted by Gasteiger charge is -2.40. The van der Waals surface area contributed by atoms with Gasteiger partial charge in [-0.25, -0.2) is 9.67 Å². The number of hydrogen-bond acceptors (Lipinski definition) is 7. The van der Waals surface area contributed by atoms with Crippen LogP contribution in [0.3, 0.4) is 0 Å². The highest BCUT2D eigenvalue weighted by atomic mass is 16.5. The number of ether oxygens (including phenoxy) is 2. The number of aryl methyl sites for hydroxylation is 3. The molecule has 0 spiro atoms. The monoisotopic (exact) mass is 555 g/mol. The first-order chi connectivity index (χ1) is 19.9. The van der Waals surface area contributed by atoms with Gasteiger partial charge in [0, 0.05) is 31.4 Å². The van der Waals surface area contributed by atoms with Crippen LogP contribution in [0.25, 0.3) is 22.3 Å². The van der Waals surface area contributed by atoms with Gasteiger partial charge in [0.05, 0.1) is 35.6 Å². The van der Waals surface area contributed by atoms with Gasteiger partial charge in [0.25, 0.3) is 5.91 Å². The molecule has 0 aliphatic carbocycles. The Labute approximate surface area is 237 Å². The number of benzene rings is 1. The number of rotatable bonds is 4. The van der Waals surface area contributed by atoms with Crippen LogP contribution < -0.4 is 14.8 Å². The van der Waals surface area contributed by atoms with Gasteiger partial charge in [-0.15, -0.1) is 0 Å². The lowest BCUT2D eigenvalue weighted by atomic mass is 10.0. The topological polar surface area (TPSA) is 116 Å². The van der Waals surface area contributed by atoms with Crippen LogP contribution in [0.5, 0.6) is 11.6 Å². The Morgan fingerprint density at radius 2 is 2.10 bits per heavy atom. The van der Waals surface area contributed by atoms with Crippen LogP contribution in [0.2, 0.25) is 0 Å². The molecule has 2 amide bonds. The minimum absolute atomic E-state index is 0.00391. The normalized spacial score (nSPS) is 17.3. The maximum Gasteiger partial charge on any atom is 0.258 e. The van der Waals surface area contributed by atoms with Gasteiger partial charge in [0.15, 0.2) is 0 Å². The third-order valence-corrected chi connectivity index (χ3v) is 7.63. The number of hydrogen-bond donors (Lipinski definition) is 1. The number of carbonyl (C=O) groups is 2. The zero-order chi connectivity index (χ0) is 28.5.